The smallest absolute Gasteiger partial charge is 0.182 e. The van der Waals surface area contributed by atoms with E-state index in [0.29, 0.717) is 0 Å². The van der Waals surface area contributed by atoms with Crippen LogP contribution in [0.4, 0.5) is 5.13 Å². The summed E-state index contributed by atoms with van der Waals surface area (Å²) in [5.74, 6) is 0. The van der Waals surface area contributed by atoms with Crippen molar-refractivity contribution >= 4 is 16.5 Å². The molecular formula is C11H19N3OS. The molecule has 0 atom stereocenters. The lowest BCUT2D eigenvalue weighted by Gasteiger charge is -2.17. The first-order chi connectivity index (χ1) is 7.88. The van der Waals surface area contributed by atoms with Crippen molar-refractivity contribution in [2.24, 2.45) is 0 Å². The minimum atomic E-state index is 0.860. The van der Waals surface area contributed by atoms with Crippen LogP contribution in [0.15, 0.2) is 6.20 Å². The number of hydrogen-bond acceptors (Lipinski definition) is 5. The Hall–Kier alpha value is -0.650. The van der Waals surface area contributed by atoms with Crippen LogP contribution >= 0.6 is 11.3 Å². The highest BCUT2D eigenvalue weighted by Gasteiger charge is 2.11. The molecule has 0 bridgehead atoms. The van der Waals surface area contributed by atoms with Gasteiger partial charge in [0, 0.05) is 43.9 Å². The van der Waals surface area contributed by atoms with Gasteiger partial charge in [-0.1, -0.05) is 0 Å². The molecule has 1 aromatic heterocycles. The second-order valence-electron chi connectivity index (χ2n) is 3.90. The summed E-state index contributed by atoms with van der Waals surface area (Å²) in [6.45, 7) is 7.97. The molecule has 2 rings (SSSR count). The van der Waals surface area contributed by atoms with E-state index in [4.69, 9.17) is 4.74 Å². The Morgan fingerprint density at radius 2 is 2.44 bits per heavy atom. The first kappa shape index (κ1) is 11.8. The van der Waals surface area contributed by atoms with E-state index in [1.165, 1.54) is 4.88 Å². The molecule has 0 spiro atoms. The highest BCUT2D eigenvalue weighted by molar-refractivity contribution is 7.15. The molecule has 2 heterocycles. The van der Waals surface area contributed by atoms with Gasteiger partial charge in [-0.25, -0.2) is 4.98 Å². The first-order valence-electron chi connectivity index (χ1n) is 5.87. The van der Waals surface area contributed by atoms with E-state index in [1.807, 2.05) is 6.20 Å². The quantitative estimate of drug-likeness (QED) is 0.872. The van der Waals surface area contributed by atoms with E-state index in [1.54, 1.807) is 11.3 Å². The van der Waals surface area contributed by atoms with E-state index in [0.717, 1.165) is 50.9 Å². The first-order valence-corrected chi connectivity index (χ1v) is 6.69. The largest absolute Gasteiger partial charge is 0.380 e. The third-order valence-corrected chi connectivity index (χ3v) is 3.52. The maximum atomic E-state index is 5.44. The van der Waals surface area contributed by atoms with E-state index >= 15 is 0 Å². The Bertz CT molecular complexity index is 308. The van der Waals surface area contributed by atoms with E-state index in [-0.39, 0.29) is 0 Å². The molecule has 0 aromatic carbocycles. The summed E-state index contributed by atoms with van der Waals surface area (Å²) < 4.78 is 5.44. The van der Waals surface area contributed by atoms with Gasteiger partial charge in [0.1, 0.15) is 0 Å². The number of aromatic nitrogens is 1. The van der Waals surface area contributed by atoms with Gasteiger partial charge in [-0.2, -0.15) is 0 Å². The second-order valence-corrected chi connectivity index (χ2v) is 5.02. The zero-order chi connectivity index (χ0) is 11.2. The molecule has 1 aliphatic rings. The van der Waals surface area contributed by atoms with Crippen molar-refractivity contribution in [1.82, 2.24) is 9.88 Å². The zero-order valence-electron chi connectivity index (χ0n) is 9.74. The predicted octanol–water partition coefficient (Wildman–Crippen LogP) is 1.80. The number of thiazole rings is 1. The van der Waals surface area contributed by atoms with Crippen molar-refractivity contribution in [1.29, 1.82) is 0 Å². The van der Waals surface area contributed by atoms with Gasteiger partial charge >= 0.3 is 0 Å². The number of rotatable bonds is 4. The molecule has 0 unspecified atom stereocenters. The molecule has 0 radical (unpaired) electrons. The topological polar surface area (TPSA) is 37.4 Å². The summed E-state index contributed by atoms with van der Waals surface area (Å²) in [6, 6.07) is 0. The molecule has 1 N–H and O–H groups in total. The van der Waals surface area contributed by atoms with Gasteiger partial charge in [0.15, 0.2) is 5.13 Å². The van der Waals surface area contributed by atoms with Crippen molar-refractivity contribution < 1.29 is 4.74 Å². The number of nitrogens with zero attached hydrogens (tertiary/aromatic N) is 2. The summed E-state index contributed by atoms with van der Waals surface area (Å²) in [7, 11) is 0. The van der Waals surface area contributed by atoms with Gasteiger partial charge in [0.05, 0.1) is 6.61 Å². The fraction of sp³-hybridized carbons (Fsp3) is 0.727. The lowest BCUT2D eigenvalue weighted by molar-refractivity contribution is 0.140. The average Bonchev–Trinajstić information content (AvgIpc) is 2.56. The van der Waals surface area contributed by atoms with Crippen LogP contribution < -0.4 is 5.32 Å². The van der Waals surface area contributed by atoms with Crippen LogP contribution in [-0.4, -0.2) is 42.7 Å². The number of nitrogens with one attached hydrogen (secondary N) is 1. The third-order valence-electron chi connectivity index (χ3n) is 2.58. The Kier molecular flexibility index (Phi) is 4.56. The van der Waals surface area contributed by atoms with Crippen LogP contribution in [0, 0.1) is 0 Å². The van der Waals surface area contributed by atoms with E-state index < -0.39 is 0 Å². The third kappa shape index (κ3) is 3.43. The molecule has 1 saturated heterocycles. The van der Waals surface area contributed by atoms with Gasteiger partial charge < -0.3 is 10.1 Å². The fourth-order valence-electron chi connectivity index (χ4n) is 1.79. The standard InChI is InChI=1S/C11H19N3OS/c1-2-12-11-13-8-10(16-11)9-14-4-3-6-15-7-5-14/h8H,2-7,9H2,1H3,(H,12,13). The van der Waals surface area contributed by atoms with Gasteiger partial charge in [0.25, 0.3) is 0 Å². The van der Waals surface area contributed by atoms with Crippen LogP contribution in [0.3, 0.4) is 0 Å². The molecule has 0 amide bonds. The molecule has 0 saturated carbocycles. The fourth-order valence-corrected chi connectivity index (χ4v) is 2.71. The predicted molar refractivity (Wildman–Crippen MR) is 67.0 cm³/mol. The maximum Gasteiger partial charge on any atom is 0.182 e. The van der Waals surface area contributed by atoms with Crippen molar-refractivity contribution in [2.45, 2.75) is 19.9 Å². The monoisotopic (exact) mass is 241 g/mol. The Balaban J connectivity index is 1.86. The lowest BCUT2D eigenvalue weighted by Crippen LogP contribution is -2.25. The highest BCUT2D eigenvalue weighted by Crippen LogP contribution is 2.19. The molecule has 90 valence electrons. The Morgan fingerprint density at radius 1 is 1.50 bits per heavy atom. The van der Waals surface area contributed by atoms with E-state index in [9.17, 15) is 0 Å². The van der Waals surface area contributed by atoms with E-state index in [2.05, 4.69) is 22.1 Å². The highest BCUT2D eigenvalue weighted by atomic mass is 32.1. The van der Waals surface area contributed by atoms with Crippen LogP contribution in [-0.2, 0) is 11.3 Å². The van der Waals surface area contributed by atoms with Crippen LogP contribution in [0.5, 0.6) is 0 Å². The molecule has 1 aromatic rings. The Morgan fingerprint density at radius 3 is 3.31 bits per heavy atom. The van der Waals surface area contributed by atoms with Gasteiger partial charge in [0.2, 0.25) is 0 Å². The van der Waals surface area contributed by atoms with Crippen molar-refractivity contribution in [3.05, 3.63) is 11.1 Å². The van der Waals surface area contributed by atoms with Gasteiger partial charge in [-0.15, -0.1) is 11.3 Å². The number of ether oxygens (including phenoxy) is 1. The molecule has 0 aliphatic carbocycles. The normalized spacial score (nSPS) is 18.3. The van der Waals surface area contributed by atoms with Crippen molar-refractivity contribution in [3.8, 4) is 0 Å². The average molecular weight is 241 g/mol. The van der Waals surface area contributed by atoms with Crippen molar-refractivity contribution in [2.75, 3.05) is 38.2 Å². The SMILES string of the molecule is CCNc1ncc(CN2CCCOCC2)s1. The summed E-state index contributed by atoms with van der Waals surface area (Å²) in [6.07, 6.45) is 3.12. The van der Waals surface area contributed by atoms with Gasteiger partial charge in [-0.05, 0) is 13.3 Å². The summed E-state index contributed by atoms with van der Waals surface area (Å²) in [4.78, 5) is 8.12. The summed E-state index contributed by atoms with van der Waals surface area (Å²) in [5.41, 5.74) is 0. The zero-order valence-corrected chi connectivity index (χ0v) is 10.6. The van der Waals surface area contributed by atoms with Crippen molar-refractivity contribution in [3.63, 3.8) is 0 Å². The minimum Gasteiger partial charge on any atom is -0.380 e. The maximum absolute atomic E-state index is 5.44. The minimum absolute atomic E-state index is 0.860. The van der Waals surface area contributed by atoms with Gasteiger partial charge in [-0.3, -0.25) is 4.90 Å². The number of anilines is 1. The van der Waals surface area contributed by atoms with Crippen LogP contribution in [0.25, 0.3) is 0 Å². The molecule has 1 aliphatic heterocycles. The second kappa shape index (κ2) is 6.18. The molecular weight excluding hydrogens is 222 g/mol. The molecule has 4 nitrogen and oxygen atoms in total. The van der Waals surface area contributed by atoms with Crippen LogP contribution in [0.2, 0.25) is 0 Å². The Labute approximate surface area is 101 Å². The molecule has 16 heavy (non-hydrogen) atoms. The lowest BCUT2D eigenvalue weighted by atomic mass is 10.4. The summed E-state index contributed by atoms with van der Waals surface area (Å²) >= 11 is 1.75. The molecule has 5 heteroatoms. The molecule has 1 fully saturated rings. The summed E-state index contributed by atoms with van der Waals surface area (Å²) in [5, 5.41) is 4.27. The number of hydrogen-bond donors (Lipinski definition) is 1. The van der Waals surface area contributed by atoms with Crippen LogP contribution in [0.1, 0.15) is 18.2 Å².